The third-order valence-corrected chi connectivity index (χ3v) is 3.33. The Morgan fingerprint density at radius 3 is 2.68 bits per heavy atom. The van der Waals surface area contributed by atoms with E-state index in [1.807, 2.05) is 25.1 Å². The Balaban J connectivity index is 2.58. The fourth-order valence-electron chi connectivity index (χ4n) is 2.13. The molecule has 0 aromatic heterocycles. The summed E-state index contributed by atoms with van der Waals surface area (Å²) in [7, 11) is 0. The number of benzene rings is 1. The summed E-state index contributed by atoms with van der Waals surface area (Å²) in [6, 6.07) is 10.1. The van der Waals surface area contributed by atoms with E-state index in [0.29, 0.717) is 19.6 Å². The van der Waals surface area contributed by atoms with Crippen LogP contribution in [0.4, 0.5) is 0 Å². The van der Waals surface area contributed by atoms with Gasteiger partial charge in [0.25, 0.3) is 0 Å². The van der Waals surface area contributed by atoms with Gasteiger partial charge < -0.3 is 14.8 Å². The molecule has 1 amide bonds. The van der Waals surface area contributed by atoms with Gasteiger partial charge in [-0.1, -0.05) is 37.3 Å². The number of carbonyl (C=O) groups is 2. The first kappa shape index (κ1) is 18.2. The molecule has 0 aliphatic carbocycles. The predicted molar refractivity (Wildman–Crippen MR) is 84.4 cm³/mol. The molecule has 122 valence electrons. The van der Waals surface area contributed by atoms with Crippen molar-refractivity contribution in [1.29, 1.82) is 0 Å². The van der Waals surface area contributed by atoms with Crippen LogP contribution < -0.4 is 5.32 Å². The highest BCUT2D eigenvalue weighted by atomic mass is 16.5. The van der Waals surface area contributed by atoms with Gasteiger partial charge in [0.1, 0.15) is 12.6 Å². The summed E-state index contributed by atoms with van der Waals surface area (Å²) in [6.45, 7) is 5.04. The number of nitrogens with one attached hydrogen (secondary N) is 1. The van der Waals surface area contributed by atoms with Crippen LogP contribution in [0.3, 0.4) is 0 Å². The van der Waals surface area contributed by atoms with Crippen molar-refractivity contribution in [3.8, 4) is 0 Å². The van der Waals surface area contributed by atoms with Gasteiger partial charge in [-0.15, -0.1) is 0 Å². The van der Waals surface area contributed by atoms with Gasteiger partial charge in [0.05, 0.1) is 6.61 Å². The second kappa shape index (κ2) is 10.8. The SMILES string of the molecule is CCCOCC(Cc1ccccc1)C(C)OC(=O)CNC=O. The van der Waals surface area contributed by atoms with Gasteiger partial charge in [0.2, 0.25) is 6.41 Å². The highest BCUT2D eigenvalue weighted by Crippen LogP contribution is 2.16. The molecule has 1 N–H and O–H groups in total. The van der Waals surface area contributed by atoms with E-state index in [-0.39, 0.29) is 18.6 Å². The molecule has 2 unspecified atom stereocenters. The molecule has 1 rings (SSSR count). The van der Waals surface area contributed by atoms with E-state index in [1.54, 1.807) is 0 Å². The minimum Gasteiger partial charge on any atom is -0.461 e. The number of ether oxygens (including phenoxy) is 2. The van der Waals surface area contributed by atoms with Crippen LogP contribution in [0.25, 0.3) is 0 Å². The van der Waals surface area contributed by atoms with E-state index in [4.69, 9.17) is 9.47 Å². The van der Waals surface area contributed by atoms with Gasteiger partial charge in [0, 0.05) is 12.5 Å². The topological polar surface area (TPSA) is 64.6 Å². The molecule has 2 atom stereocenters. The van der Waals surface area contributed by atoms with E-state index >= 15 is 0 Å². The van der Waals surface area contributed by atoms with E-state index in [9.17, 15) is 9.59 Å². The Kier molecular flexibility index (Phi) is 8.91. The molecule has 0 spiro atoms. The summed E-state index contributed by atoms with van der Waals surface area (Å²) < 4.78 is 11.0. The van der Waals surface area contributed by atoms with E-state index < -0.39 is 5.97 Å². The van der Waals surface area contributed by atoms with E-state index in [0.717, 1.165) is 12.8 Å². The van der Waals surface area contributed by atoms with Crippen LogP contribution in [0, 0.1) is 5.92 Å². The maximum atomic E-state index is 11.6. The van der Waals surface area contributed by atoms with Crippen molar-refractivity contribution in [2.24, 2.45) is 5.92 Å². The number of hydrogen-bond donors (Lipinski definition) is 1. The Morgan fingerprint density at radius 2 is 2.05 bits per heavy atom. The van der Waals surface area contributed by atoms with E-state index in [1.165, 1.54) is 5.56 Å². The zero-order valence-electron chi connectivity index (χ0n) is 13.3. The lowest BCUT2D eigenvalue weighted by Crippen LogP contribution is -2.33. The van der Waals surface area contributed by atoms with Crippen molar-refractivity contribution in [3.63, 3.8) is 0 Å². The first-order valence-corrected chi connectivity index (χ1v) is 7.65. The monoisotopic (exact) mass is 307 g/mol. The summed E-state index contributed by atoms with van der Waals surface area (Å²) in [4.78, 5) is 21.8. The minimum absolute atomic E-state index is 0.0779. The van der Waals surface area contributed by atoms with Crippen molar-refractivity contribution >= 4 is 12.4 Å². The standard InChI is InChI=1S/C17H25NO4/c1-3-9-21-12-16(10-15-7-5-4-6-8-15)14(2)22-17(20)11-18-13-19/h4-8,13-14,16H,3,9-12H2,1-2H3,(H,18,19). The van der Waals surface area contributed by atoms with Crippen LogP contribution in [0.2, 0.25) is 0 Å². The van der Waals surface area contributed by atoms with E-state index in [2.05, 4.69) is 24.4 Å². The molecule has 5 heteroatoms. The number of esters is 1. The van der Waals surface area contributed by atoms with Crippen LogP contribution in [0.1, 0.15) is 25.8 Å². The lowest BCUT2D eigenvalue weighted by molar-refractivity contribution is -0.151. The fraction of sp³-hybridized carbons (Fsp3) is 0.529. The summed E-state index contributed by atoms with van der Waals surface area (Å²) in [5.74, 6) is -0.359. The molecule has 22 heavy (non-hydrogen) atoms. The molecule has 0 radical (unpaired) electrons. The van der Waals surface area contributed by atoms with Gasteiger partial charge in [-0.25, -0.2) is 0 Å². The van der Waals surface area contributed by atoms with Gasteiger partial charge in [-0.3, -0.25) is 9.59 Å². The normalized spacial score (nSPS) is 13.2. The average Bonchev–Trinajstić information content (AvgIpc) is 2.53. The van der Waals surface area contributed by atoms with Crippen molar-refractivity contribution in [2.45, 2.75) is 32.8 Å². The molecule has 0 heterocycles. The molecule has 0 aliphatic rings. The molecule has 0 fully saturated rings. The molecule has 0 saturated carbocycles. The van der Waals surface area contributed by atoms with Crippen LogP contribution in [0.5, 0.6) is 0 Å². The molecular weight excluding hydrogens is 282 g/mol. The Labute approximate surface area is 132 Å². The van der Waals surface area contributed by atoms with Gasteiger partial charge in [-0.05, 0) is 25.3 Å². The van der Waals surface area contributed by atoms with Crippen molar-refractivity contribution < 1.29 is 19.1 Å². The predicted octanol–water partition coefficient (Wildman–Crippen LogP) is 1.95. The van der Waals surface area contributed by atoms with Crippen LogP contribution in [0.15, 0.2) is 30.3 Å². The molecule has 0 bridgehead atoms. The van der Waals surface area contributed by atoms with Gasteiger partial charge in [0.15, 0.2) is 0 Å². The molecular formula is C17H25NO4. The molecule has 5 nitrogen and oxygen atoms in total. The number of carbonyl (C=O) groups excluding carboxylic acids is 2. The second-order valence-corrected chi connectivity index (χ2v) is 5.22. The Morgan fingerprint density at radius 1 is 1.32 bits per heavy atom. The average molecular weight is 307 g/mol. The number of rotatable bonds is 11. The highest BCUT2D eigenvalue weighted by molar-refractivity contribution is 5.74. The zero-order valence-corrected chi connectivity index (χ0v) is 13.3. The Bertz CT molecular complexity index is 436. The molecule has 0 saturated heterocycles. The van der Waals surface area contributed by atoms with Crippen molar-refractivity contribution in [3.05, 3.63) is 35.9 Å². The first-order valence-electron chi connectivity index (χ1n) is 7.65. The van der Waals surface area contributed by atoms with Crippen molar-refractivity contribution in [2.75, 3.05) is 19.8 Å². The summed E-state index contributed by atoms with van der Waals surface area (Å²) in [5, 5.41) is 2.31. The lowest BCUT2D eigenvalue weighted by Gasteiger charge is -2.24. The number of hydrogen-bond acceptors (Lipinski definition) is 4. The van der Waals surface area contributed by atoms with Crippen molar-refractivity contribution in [1.82, 2.24) is 5.32 Å². The third-order valence-electron chi connectivity index (χ3n) is 3.33. The smallest absolute Gasteiger partial charge is 0.325 e. The van der Waals surface area contributed by atoms with Crippen LogP contribution >= 0.6 is 0 Å². The quantitative estimate of drug-likeness (QED) is 0.385. The summed E-state index contributed by atoms with van der Waals surface area (Å²) in [5.41, 5.74) is 1.18. The summed E-state index contributed by atoms with van der Waals surface area (Å²) in [6.07, 6.45) is 1.94. The van der Waals surface area contributed by atoms with Crippen LogP contribution in [-0.2, 0) is 25.5 Å². The molecule has 1 aromatic carbocycles. The largest absolute Gasteiger partial charge is 0.461 e. The second-order valence-electron chi connectivity index (χ2n) is 5.22. The summed E-state index contributed by atoms with van der Waals surface area (Å²) >= 11 is 0. The van der Waals surface area contributed by atoms with Crippen LogP contribution in [-0.4, -0.2) is 38.2 Å². The van der Waals surface area contributed by atoms with Gasteiger partial charge in [-0.2, -0.15) is 0 Å². The molecule has 1 aromatic rings. The van der Waals surface area contributed by atoms with Gasteiger partial charge >= 0.3 is 5.97 Å². The first-order chi connectivity index (χ1) is 10.7. The highest BCUT2D eigenvalue weighted by Gasteiger charge is 2.21. The maximum Gasteiger partial charge on any atom is 0.325 e. The lowest BCUT2D eigenvalue weighted by atomic mass is 9.95. The Hall–Kier alpha value is -1.88. The molecule has 0 aliphatic heterocycles. The fourth-order valence-corrected chi connectivity index (χ4v) is 2.13. The minimum atomic E-state index is -0.437. The number of amides is 1. The maximum absolute atomic E-state index is 11.6. The zero-order chi connectivity index (χ0) is 16.2. The third kappa shape index (κ3) is 7.22.